The smallest absolute Gasteiger partial charge is 0.263 e. The van der Waals surface area contributed by atoms with Gasteiger partial charge in [-0.2, -0.15) is 10.1 Å². The van der Waals surface area contributed by atoms with E-state index in [2.05, 4.69) is 15.1 Å². The maximum atomic E-state index is 12.3. The second-order valence-corrected chi connectivity index (χ2v) is 9.52. The Labute approximate surface area is 134 Å². The van der Waals surface area contributed by atoms with Crippen LogP contribution in [-0.2, 0) is 15.4 Å². The lowest BCUT2D eigenvalue weighted by atomic mass is 10.1. The van der Waals surface area contributed by atoms with Crippen molar-refractivity contribution in [3.63, 3.8) is 0 Å². The van der Waals surface area contributed by atoms with Gasteiger partial charge in [-0.25, -0.2) is 13.1 Å². The van der Waals surface area contributed by atoms with Crippen LogP contribution in [0.3, 0.4) is 0 Å². The summed E-state index contributed by atoms with van der Waals surface area (Å²) >= 11 is 0. The first kappa shape index (κ1) is 16.0. The molecule has 126 valence electrons. The van der Waals surface area contributed by atoms with Crippen LogP contribution in [0.25, 0.3) is 11.0 Å². The van der Waals surface area contributed by atoms with Crippen molar-refractivity contribution in [2.75, 3.05) is 23.7 Å². The molecule has 1 saturated heterocycles. The fourth-order valence-electron chi connectivity index (χ4n) is 2.69. The van der Waals surface area contributed by atoms with Crippen LogP contribution in [0.2, 0.25) is 0 Å². The largest absolute Gasteiger partial charge is 0.340 e. The Morgan fingerprint density at radius 2 is 2.04 bits per heavy atom. The lowest BCUT2D eigenvalue weighted by molar-refractivity contribution is 0.366. The average Bonchev–Trinajstić information content (AvgIpc) is 2.86. The minimum Gasteiger partial charge on any atom is -0.340 e. The molecule has 2 aromatic rings. The lowest BCUT2D eigenvalue weighted by Crippen LogP contribution is -2.46. The first-order valence-corrected chi connectivity index (χ1v) is 9.26. The molecule has 8 nitrogen and oxygen atoms in total. The Bertz CT molecular complexity index is 907. The topological polar surface area (TPSA) is 101 Å². The van der Waals surface area contributed by atoms with Crippen molar-refractivity contribution in [2.24, 2.45) is 0 Å². The number of hydrogen-bond acceptors (Lipinski definition) is 6. The number of fused-ring (bicyclic) bond motifs is 1. The average molecular weight is 339 g/mol. The highest BCUT2D eigenvalue weighted by molar-refractivity contribution is 7.92. The Morgan fingerprint density at radius 1 is 1.35 bits per heavy atom. The molecule has 1 aliphatic rings. The molecule has 23 heavy (non-hydrogen) atoms. The van der Waals surface area contributed by atoms with Gasteiger partial charge >= 0.3 is 0 Å². The molecule has 2 aromatic heterocycles. The van der Waals surface area contributed by atoms with Crippen molar-refractivity contribution >= 4 is 26.8 Å². The second-order valence-electron chi connectivity index (χ2n) is 6.98. The van der Waals surface area contributed by atoms with E-state index >= 15 is 0 Å². The highest BCUT2D eigenvalue weighted by Crippen LogP contribution is 2.21. The zero-order valence-electron chi connectivity index (χ0n) is 13.7. The zero-order valence-corrected chi connectivity index (χ0v) is 14.5. The number of rotatable bonds is 1. The van der Waals surface area contributed by atoms with E-state index in [4.69, 9.17) is 0 Å². The molecule has 0 saturated carbocycles. The number of nitrogens with zero attached hydrogens (tertiary/aromatic N) is 4. The van der Waals surface area contributed by atoms with E-state index in [-0.39, 0.29) is 16.9 Å². The molecule has 0 spiro atoms. The molecule has 3 rings (SSSR count). The van der Waals surface area contributed by atoms with Gasteiger partial charge in [-0.1, -0.05) is 0 Å². The number of sulfone groups is 1. The molecule has 0 amide bonds. The Kier molecular flexibility index (Phi) is 3.51. The number of hydrogen-bond donors (Lipinski definition) is 1. The Hall–Kier alpha value is -1.90. The standard InChI is InChI=1S/C14H21N5O3S/c1-9-8-18(5-6-23(9,21)22)13-16-11-10(12(20)17-13)7-15-19(11)14(2,3)4/h7,9H,5-6,8H2,1-4H3,(H,16,17,20). The van der Waals surface area contributed by atoms with Gasteiger partial charge in [0.1, 0.15) is 5.39 Å². The van der Waals surface area contributed by atoms with Crippen molar-refractivity contribution in [1.82, 2.24) is 19.7 Å². The SMILES string of the molecule is CC1CN(c2nc3c(cnn3C(C)(C)C)c(=O)[nH]2)CCS1(=O)=O. The third kappa shape index (κ3) is 2.73. The Balaban J connectivity index is 2.08. The van der Waals surface area contributed by atoms with Crippen LogP contribution in [0.1, 0.15) is 27.7 Å². The van der Waals surface area contributed by atoms with E-state index in [1.165, 1.54) is 6.20 Å². The quantitative estimate of drug-likeness (QED) is 0.812. The monoisotopic (exact) mass is 339 g/mol. The summed E-state index contributed by atoms with van der Waals surface area (Å²) in [5.74, 6) is 0.462. The van der Waals surface area contributed by atoms with Gasteiger partial charge in [-0.15, -0.1) is 0 Å². The zero-order chi connectivity index (χ0) is 17.0. The summed E-state index contributed by atoms with van der Waals surface area (Å²) in [6.07, 6.45) is 1.51. The third-order valence-corrected chi connectivity index (χ3v) is 6.22. The van der Waals surface area contributed by atoms with E-state index in [9.17, 15) is 13.2 Å². The summed E-state index contributed by atoms with van der Waals surface area (Å²) in [4.78, 5) is 21.4. The predicted octanol–water partition coefficient (Wildman–Crippen LogP) is 0.498. The number of H-pyrrole nitrogens is 1. The summed E-state index contributed by atoms with van der Waals surface area (Å²) in [5.41, 5.74) is -0.0582. The molecular formula is C14H21N5O3S. The first-order valence-electron chi connectivity index (χ1n) is 7.54. The first-order chi connectivity index (χ1) is 10.6. The van der Waals surface area contributed by atoms with Crippen LogP contribution in [0.5, 0.6) is 0 Å². The number of nitrogens with one attached hydrogen (secondary N) is 1. The molecule has 0 aliphatic carbocycles. The fourth-order valence-corrected chi connectivity index (χ4v) is 3.98. The van der Waals surface area contributed by atoms with Gasteiger partial charge in [0.05, 0.1) is 22.7 Å². The molecule has 0 bridgehead atoms. The number of anilines is 1. The molecule has 0 radical (unpaired) electrons. The summed E-state index contributed by atoms with van der Waals surface area (Å²) in [6.45, 7) is 8.27. The van der Waals surface area contributed by atoms with Gasteiger partial charge in [0.15, 0.2) is 15.5 Å². The Morgan fingerprint density at radius 3 is 2.65 bits per heavy atom. The maximum Gasteiger partial charge on any atom is 0.263 e. The van der Waals surface area contributed by atoms with Crippen molar-refractivity contribution in [1.29, 1.82) is 0 Å². The molecule has 3 heterocycles. The minimum atomic E-state index is -3.05. The maximum absolute atomic E-state index is 12.3. The molecule has 1 atom stereocenters. The highest BCUT2D eigenvalue weighted by atomic mass is 32.2. The van der Waals surface area contributed by atoms with Crippen molar-refractivity contribution in [2.45, 2.75) is 38.5 Å². The summed E-state index contributed by atoms with van der Waals surface area (Å²) < 4.78 is 25.4. The van der Waals surface area contributed by atoms with E-state index in [0.717, 1.165) is 0 Å². The van der Waals surface area contributed by atoms with Gasteiger partial charge in [0, 0.05) is 13.1 Å². The molecule has 1 unspecified atom stereocenters. The lowest BCUT2D eigenvalue weighted by Gasteiger charge is -2.31. The van der Waals surface area contributed by atoms with Crippen LogP contribution < -0.4 is 10.5 Å². The predicted molar refractivity (Wildman–Crippen MR) is 88.6 cm³/mol. The van der Waals surface area contributed by atoms with Gasteiger partial charge in [0.25, 0.3) is 5.56 Å². The number of aromatic nitrogens is 4. The van der Waals surface area contributed by atoms with Crippen LogP contribution in [0, 0.1) is 0 Å². The van der Waals surface area contributed by atoms with Crippen molar-refractivity contribution < 1.29 is 8.42 Å². The molecular weight excluding hydrogens is 318 g/mol. The van der Waals surface area contributed by atoms with E-state index in [0.29, 0.717) is 30.1 Å². The van der Waals surface area contributed by atoms with E-state index in [1.807, 2.05) is 25.7 Å². The minimum absolute atomic E-state index is 0.0639. The second kappa shape index (κ2) is 5.05. The van der Waals surface area contributed by atoms with Crippen LogP contribution in [0.4, 0.5) is 5.95 Å². The van der Waals surface area contributed by atoms with Crippen LogP contribution >= 0.6 is 0 Å². The van der Waals surface area contributed by atoms with Gasteiger partial charge in [-0.3, -0.25) is 9.78 Å². The van der Waals surface area contributed by atoms with Crippen LogP contribution in [0.15, 0.2) is 11.0 Å². The summed E-state index contributed by atoms with van der Waals surface area (Å²) in [5, 5.41) is 4.22. The summed E-state index contributed by atoms with van der Waals surface area (Å²) in [7, 11) is -3.05. The van der Waals surface area contributed by atoms with Gasteiger partial charge in [-0.05, 0) is 27.7 Å². The molecule has 0 aromatic carbocycles. The van der Waals surface area contributed by atoms with E-state index < -0.39 is 15.1 Å². The van der Waals surface area contributed by atoms with E-state index in [1.54, 1.807) is 11.6 Å². The fraction of sp³-hybridized carbons (Fsp3) is 0.643. The molecule has 1 fully saturated rings. The highest BCUT2D eigenvalue weighted by Gasteiger charge is 2.31. The molecule has 9 heteroatoms. The van der Waals surface area contributed by atoms with Crippen molar-refractivity contribution in [3.05, 3.63) is 16.6 Å². The molecule has 1 N–H and O–H groups in total. The van der Waals surface area contributed by atoms with Crippen LogP contribution in [-0.4, -0.2) is 52.3 Å². The summed E-state index contributed by atoms with van der Waals surface area (Å²) in [6, 6.07) is 0. The van der Waals surface area contributed by atoms with Gasteiger partial charge < -0.3 is 4.90 Å². The number of aromatic amines is 1. The van der Waals surface area contributed by atoms with Gasteiger partial charge in [0.2, 0.25) is 5.95 Å². The normalized spacial score (nSPS) is 21.7. The molecule has 1 aliphatic heterocycles. The van der Waals surface area contributed by atoms with Crippen molar-refractivity contribution in [3.8, 4) is 0 Å². The third-order valence-electron chi connectivity index (χ3n) is 4.10.